The molecular weight excluding hydrogens is 382 g/mol. The molecule has 0 aromatic carbocycles. The van der Waals surface area contributed by atoms with Crippen molar-refractivity contribution in [2.24, 2.45) is 5.41 Å². The SMILES string of the molecule is CCC.CCNC(CC)(CC)C(=O)NC(C(=O)N(C)C/C=C(\C)C(=O)O)C(C)(C)C. The zero-order valence-corrected chi connectivity index (χ0v) is 20.8. The molecule has 0 aromatic rings. The van der Waals surface area contributed by atoms with Crippen LogP contribution in [0, 0.1) is 5.41 Å². The number of hydrogen-bond donors (Lipinski definition) is 3. The molecule has 176 valence electrons. The molecule has 7 heteroatoms. The van der Waals surface area contributed by atoms with Gasteiger partial charge in [-0.05, 0) is 31.7 Å². The third-order valence-electron chi connectivity index (χ3n) is 4.93. The number of likely N-dealkylation sites (N-methyl/N-ethyl adjacent to an activating group) is 2. The zero-order valence-electron chi connectivity index (χ0n) is 20.8. The van der Waals surface area contributed by atoms with Crippen LogP contribution in [0.25, 0.3) is 0 Å². The molecule has 1 unspecified atom stereocenters. The molecule has 0 fully saturated rings. The van der Waals surface area contributed by atoms with E-state index in [-0.39, 0.29) is 23.9 Å². The first kappa shape index (κ1) is 30.3. The molecule has 0 aliphatic carbocycles. The summed E-state index contributed by atoms with van der Waals surface area (Å²) in [5.74, 6) is -1.45. The average Bonchev–Trinajstić information content (AvgIpc) is 2.66. The van der Waals surface area contributed by atoms with Gasteiger partial charge in [0.2, 0.25) is 11.8 Å². The number of hydrogen-bond acceptors (Lipinski definition) is 4. The maximum Gasteiger partial charge on any atom is 0.331 e. The van der Waals surface area contributed by atoms with Crippen molar-refractivity contribution >= 4 is 17.8 Å². The van der Waals surface area contributed by atoms with E-state index < -0.39 is 23.0 Å². The molecule has 0 radical (unpaired) electrons. The lowest BCUT2D eigenvalue weighted by atomic mass is 9.84. The molecule has 0 aliphatic rings. The summed E-state index contributed by atoms with van der Waals surface area (Å²) in [5, 5.41) is 15.2. The topological polar surface area (TPSA) is 98.7 Å². The first-order chi connectivity index (χ1) is 13.8. The summed E-state index contributed by atoms with van der Waals surface area (Å²) < 4.78 is 0. The van der Waals surface area contributed by atoms with E-state index in [0.29, 0.717) is 19.4 Å². The van der Waals surface area contributed by atoms with Gasteiger partial charge < -0.3 is 20.6 Å². The molecular formula is C23H45N3O4. The van der Waals surface area contributed by atoms with Crippen LogP contribution in [0.2, 0.25) is 0 Å². The van der Waals surface area contributed by atoms with Crippen molar-refractivity contribution in [2.45, 2.75) is 93.2 Å². The number of nitrogens with one attached hydrogen (secondary N) is 2. The van der Waals surface area contributed by atoms with Gasteiger partial charge in [-0.15, -0.1) is 0 Å². The Morgan fingerprint density at radius 2 is 1.50 bits per heavy atom. The molecule has 0 spiro atoms. The van der Waals surface area contributed by atoms with Crippen LogP contribution < -0.4 is 10.6 Å². The smallest absolute Gasteiger partial charge is 0.331 e. The second-order valence-corrected chi connectivity index (χ2v) is 8.71. The van der Waals surface area contributed by atoms with Gasteiger partial charge in [-0.1, -0.05) is 67.9 Å². The number of rotatable bonds is 10. The van der Waals surface area contributed by atoms with Gasteiger partial charge >= 0.3 is 5.97 Å². The van der Waals surface area contributed by atoms with E-state index in [9.17, 15) is 14.4 Å². The quantitative estimate of drug-likeness (QED) is 0.463. The summed E-state index contributed by atoms with van der Waals surface area (Å²) in [4.78, 5) is 38.4. The van der Waals surface area contributed by atoms with E-state index in [2.05, 4.69) is 24.5 Å². The van der Waals surface area contributed by atoms with Crippen molar-refractivity contribution in [1.29, 1.82) is 0 Å². The Kier molecular flexibility index (Phi) is 14.3. The van der Waals surface area contributed by atoms with Crippen LogP contribution in [-0.2, 0) is 14.4 Å². The van der Waals surface area contributed by atoms with Crippen molar-refractivity contribution < 1.29 is 19.5 Å². The first-order valence-electron chi connectivity index (χ1n) is 11.0. The summed E-state index contributed by atoms with van der Waals surface area (Å²) in [6, 6.07) is -0.718. The van der Waals surface area contributed by atoms with Crippen molar-refractivity contribution in [3.63, 3.8) is 0 Å². The Bertz CT molecular complexity index is 575. The lowest BCUT2D eigenvalue weighted by molar-refractivity contribution is -0.140. The van der Waals surface area contributed by atoms with Gasteiger partial charge in [0.1, 0.15) is 6.04 Å². The highest BCUT2D eigenvalue weighted by Gasteiger charge is 2.40. The predicted octanol–water partition coefficient (Wildman–Crippen LogP) is 3.59. The van der Waals surface area contributed by atoms with Gasteiger partial charge in [-0.25, -0.2) is 4.79 Å². The highest BCUT2D eigenvalue weighted by molar-refractivity contribution is 5.92. The third kappa shape index (κ3) is 9.74. The number of amides is 2. The lowest BCUT2D eigenvalue weighted by Crippen LogP contribution is -2.62. The maximum absolute atomic E-state index is 13.0. The number of carbonyl (C=O) groups is 3. The minimum Gasteiger partial charge on any atom is -0.478 e. The maximum atomic E-state index is 13.0. The summed E-state index contributed by atoms with van der Waals surface area (Å²) in [6.07, 6.45) is 3.97. The van der Waals surface area contributed by atoms with Crippen molar-refractivity contribution in [3.8, 4) is 0 Å². The molecule has 7 nitrogen and oxygen atoms in total. The summed E-state index contributed by atoms with van der Waals surface area (Å²) >= 11 is 0. The van der Waals surface area contributed by atoms with Crippen LogP contribution in [0.1, 0.15) is 81.6 Å². The lowest BCUT2D eigenvalue weighted by Gasteiger charge is -2.38. The number of carboxylic acid groups (broad SMARTS) is 1. The zero-order chi connectivity index (χ0) is 24.1. The fourth-order valence-electron chi connectivity index (χ4n) is 2.83. The molecule has 1 atom stereocenters. The van der Waals surface area contributed by atoms with Gasteiger partial charge in [0.05, 0.1) is 5.54 Å². The first-order valence-corrected chi connectivity index (χ1v) is 11.0. The molecule has 0 rings (SSSR count). The van der Waals surface area contributed by atoms with Crippen LogP contribution in [0.15, 0.2) is 11.6 Å². The van der Waals surface area contributed by atoms with Gasteiger partial charge in [-0.2, -0.15) is 0 Å². The van der Waals surface area contributed by atoms with Crippen molar-refractivity contribution in [3.05, 3.63) is 11.6 Å². The predicted molar refractivity (Wildman–Crippen MR) is 123 cm³/mol. The van der Waals surface area contributed by atoms with Gasteiger partial charge in [0, 0.05) is 19.2 Å². The Morgan fingerprint density at radius 1 is 1.03 bits per heavy atom. The molecule has 0 aromatic heterocycles. The number of carboxylic acids is 1. The minimum absolute atomic E-state index is 0.166. The van der Waals surface area contributed by atoms with Crippen LogP contribution in [0.5, 0.6) is 0 Å². The highest BCUT2D eigenvalue weighted by Crippen LogP contribution is 2.23. The summed E-state index contributed by atoms with van der Waals surface area (Å²) in [5.41, 5.74) is -1.03. The Morgan fingerprint density at radius 3 is 1.83 bits per heavy atom. The van der Waals surface area contributed by atoms with Crippen LogP contribution in [0.3, 0.4) is 0 Å². The standard InChI is InChI=1S/C20H37N3O4.C3H8/c1-9-20(10-2,21-11-3)18(27)22-15(19(5,6)7)16(24)23(8)13-12-14(4)17(25)26;1-3-2/h12,15,21H,9-11,13H2,1-8H3,(H,22,27)(H,25,26);3H2,1-2H3/b14-12+;. The normalized spacial score (nSPS) is 13.1. The largest absolute Gasteiger partial charge is 0.478 e. The molecule has 0 saturated carbocycles. The van der Waals surface area contributed by atoms with Crippen LogP contribution in [0.4, 0.5) is 0 Å². The number of carbonyl (C=O) groups excluding carboxylic acids is 2. The van der Waals surface area contributed by atoms with Crippen molar-refractivity contribution in [2.75, 3.05) is 20.1 Å². The molecule has 30 heavy (non-hydrogen) atoms. The van der Waals surface area contributed by atoms with E-state index in [1.165, 1.54) is 24.3 Å². The minimum atomic E-state index is -1.02. The van der Waals surface area contributed by atoms with E-state index >= 15 is 0 Å². The monoisotopic (exact) mass is 427 g/mol. The molecule has 0 aliphatic heterocycles. The summed E-state index contributed by atoms with van der Waals surface area (Å²) in [6.45, 7) is 18.1. The van der Waals surface area contributed by atoms with E-state index in [0.717, 1.165) is 0 Å². The second kappa shape index (κ2) is 14.2. The number of aliphatic carboxylic acids is 1. The van der Waals surface area contributed by atoms with Crippen LogP contribution in [-0.4, -0.2) is 59.5 Å². The molecule has 3 N–H and O–H groups in total. The highest BCUT2D eigenvalue weighted by atomic mass is 16.4. The summed E-state index contributed by atoms with van der Waals surface area (Å²) in [7, 11) is 1.61. The van der Waals surface area contributed by atoms with Gasteiger partial charge in [-0.3, -0.25) is 9.59 Å². The molecule has 0 bridgehead atoms. The Balaban J connectivity index is 0. The fraction of sp³-hybridized carbons (Fsp3) is 0.783. The fourth-order valence-corrected chi connectivity index (χ4v) is 2.83. The average molecular weight is 428 g/mol. The van der Waals surface area contributed by atoms with Crippen molar-refractivity contribution in [1.82, 2.24) is 15.5 Å². The third-order valence-corrected chi connectivity index (χ3v) is 4.93. The van der Waals surface area contributed by atoms with Gasteiger partial charge in [0.15, 0.2) is 0 Å². The second-order valence-electron chi connectivity index (χ2n) is 8.71. The van der Waals surface area contributed by atoms with E-state index in [1.807, 2.05) is 41.5 Å². The molecule has 0 heterocycles. The van der Waals surface area contributed by atoms with Gasteiger partial charge in [0.25, 0.3) is 0 Å². The molecule has 0 saturated heterocycles. The molecule has 2 amide bonds. The van der Waals surface area contributed by atoms with E-state index in [4.69, 9.17) is 5.11 Å². The Hall–Kier alpha value is -1.89. The number of nitrogens with zero attached hydrogens (tertiary/aromatic N) is 1. The van der Waals surface area contributed by atoms with Crippen LogP contribution >= 0.6 is 0 Å². The Labute approximate surface area is 183 Å². The van der Waals surface area contributed by atoms with E-state index in [1.54, 1.807) is 7.05 Å².